The van der Waals surface area contributed by atoms with Gasteiger partial charge in [0.25, 0.3) is 8.32 Å². The van der Waals surface area contributed by atoms with Crippen LogP contribution in [0.3, 0.4) is 0 Å². The van der Waals surface area contributed by atoms with Crippen molar-refractivity contribution in [1.82, 2.24) is 0 Å². The number of para-hydroxylation sites is 1. The van der Waals surface area contributed by atoms with Crippen molar-refractivity contribution in [1.29, 1.82) is 0 Å². The molecule has 154 valence electrons. The molecule has 0 aliphatic rings. The Bertz CT molecular complexity index is 913. The van der Waals surface area contributed by atoms with Crippen LogP contribution in [0.1, 0.15) is 0 Å². The van der Waals surface area contributed by atoms with E-state index in [1.807, 2.05) is 0 Å². The summed E-state index contributed by atoms with van der Waals surface area (Å²) in [4.78, 5) is 11.8. The monoisotopic (exact) mass is 488 g/mol. The van der Waals surface area contributed by atoms with E-state index in [1.54, 1.807) is 66.7 Å². The van der Waals surface area contributed by atoms with E-state index in [0.717, 1.165) is 0 Å². The first-order valence-electron chi connectivity index (χ1n) is 8.66. The van der Waals surface area contributed by atoms with Gasteiger partial charge in [0.05, 0.1) is 0 Å². The molecule has 0 aliphatic carbocycles. The Balaban J connectivity index is 0.00000320. The van der Waals surface area contributed by atoms with E-state index in [1.165, 1.54) is 18.2 Å². The minimum absolute atomic E-state index is 0. The Morgan fingerprint density at radius 3 is 1.60 bits per heavy atom. The quantitative estimate of drug-likeness (QED) is 0.327. The Morgan fingerprint density at radius 2 is 1.13 bits per heavy atom. The number of halogens is 5. The molecule has 0 saturated heterocycles. The molecule has 0 aliphatic heterocycles. The second-order valence-corrected chi connectivity index (χ2v) is 9.54. The van der Waals surface area contributed by atoms with Gasteiger partial charge in [-0.05, 0) is 16.4 Å². The van der Waals surface area contributed by atoms with Crippen LogP contribution in [0.5, 0.6) is 5.75 Å². The zero-order valence-electron chi connectivity index (χ0n) is 15.7. The zero-order valence-corrected chi connectivity index (χ0v) is 19.7. The van der Waals surface area contributed by atoms with Crippen LogP contribution in [0.2, 0.25) is 0 Å². The standard InChI is InChI=1S/C21H17F5O2Si.Zn/c22-20(23,21(24,25)26)15-28-18-13-7-8-14-19(18)29(27,16-9-3-1-4-10-16)17-11-5-2-6-12-17;/h1-14,27H,15H2;. The summed E-state index contributed by atoms with van der Waals surface area (Å²) in [6, 6.07) is 23.0. The normalized spacial score (nSPS) is 12.2. The molecule has 0 aromatic heterocycles. The fraction of sp³-hybridized carbons (Fsp3) is 0.143. The third-order valence-corrected chi connectivity index (χ3v) is 8.01. The molecule has 0 radical (unpaired) electrons. The van der Waals surface area contributed by atoms with Crippen LogP contribution in [0, 0.1) is 0 Å². The molecular formula is C21H17F5O2SiZn. The van der Waals surface area contributed by atoms with Gasteiger partial charge in [-0.1, -0.05) is 78.9 Å². The Hall–Kier alpha value is -2.09. The summed E-state index contributed by atoms with van der Waals surface area (Å²) >= 11 is 0. The third-order valence-electron chi connectivity index (χ3n) is 4.48. The summed E-state index contributed by atoms with van der Waals surface area (Å²) in [5.41, 5.74) is 0. The molecule has 3 rings (SSSR count). The van der Waals surface area contributed by atoms with Crippen molar-refractivity contribution in [3.8, 4) is 5.75 Å². The van der Waals surface area contributed by atoms with Gasteiger partial charge in [-0.3, -0.25) is 0 Å². The SMILES string of the molecule is O[Si](c1ccccc1)(c1ccccc1)c1ccccc1OCC(F)(F)C(F)(F)F.[Zn]. The van der Waals surface area contributed by atoms with Crippen LogP contribution in [-0.4, -0.2) is 31.8 Å². The number of rotatable bonds is 6. The van der Waals surface area contributed by atoms with Crippen molar-refractivity contribution >= 4 is 23.9 Å². The molecule has 0 saturated carbocycles. The Kier molecular flexibility index (Phi) is 7.55. The summed E-state index contributed by atoms with van der Waals surface area (Å²) in [6.45, 7) is -1.87. The van der Waals surface area contributed by atoms with E-state index in [-0.39, 0.29) is 30.4 Å². The second kappa shape index (κ2) is 9.37. The van der Waals surface area contributed by atoms with E-state index in [2.05, 4.69) is 0 Å². The largest absolute Gasteiger partial charge is 0.487 e. The van der Waals surface area contributed by atoms with Crippen LogP contribution in [0.15, 0.2) is 84.9 Å². The van der Waals surface area contributed by atoms with Gasteiger partial charge in [0, 0.05) is 24.7 Å². The molecule has 1 N–H and O–H groups in total. The van der Waals surface area contributed by atoms with Crippen LogP contribution in [0.25, 0.3) is 0 Å². The minimum atomic E-state index is -5.73. The molecule has 0 atom stereocenters. The number of benzene rings is 3. The first-order valence-corrected chi connectivity index (χ1v) is 10.6. The average molecular weight is 490 g/mol. The van der Waals surface area contributed by atoms with E-state index >= 15 is 0 Å². The molecule has 3 aromatic rings. The average Bonchev–Trinajstić information content (AvgIpc) is 2.72. The molecule has 0 unspecified atom stereocenters. The smallest absolute Gasteiger partial charge is 0.456 e. The number of hydrogen-bond acceptors (Lipinski definition) is 2. The summed E-state index contributed by atoms with van der Waals surface area (Å²) in [5.74, 6) is -5.22. The molecule has 0 spiro atoms. The molecule has 30 heavy (non-hydrogen) atoms. The maximum Gasteiger partial charge on any atom is 0.456 e. The summed E-state index contributed by atoms with van der Waals surface area (Å²) in [7, 11) is -3.72. The summed E-state index contributed by atoms with van der Waals surface area (Å²) < 4.78 is 69.3. The summed E-state index contributed by atoms with van der Waals surface area (Å²) in [6.07, 6.45) is -5.73. The Morgan fingerprint density at radius 1 is 0.700 bits per heavy atom. The van der Waals surface area contributed by atoms with Gasteiger partial charge in [-0.25, -0.2) is 0 Å². The molecule has 3 aromatic carbocycles. The van der Waals surface area contributed by atoms with E-state index in [0.29, 0.717) is 10.4 Å². The number of alkyl halides is 5. The molecule has 0 amide bonds. The summed E-state index contributed by atoms with van der Waals surface area (Å²) in [5, 5.41) is 1.28. The maximum atomic E-state index is 13.4. The van der Waals surface area contributed by atoms with Crippen molar-refractivity contribution in [2.75, 3.05) is 6.61 Å². The molecule has 0 heterocycles. The topological polar surface area (TPSA) is 29.5 Å². The zero-order chi connectivity index (χ0) is 21.1. The van der Waals surface area contributed by atoms with Gasteiger partial charge < -0.3 is 9.53 Å². The predicted octanol–water partition coefficient (Wildman–Crippen LogP) is 3.22. The second-order valence-electron chi connectivity index (χ2n) is 6.43. The van der Waals surface area contributed by atoms with E-state index < -0.39 is 27.0 Å². The fourth-order valence-electron chi connectivity index (χ4n) is 2.98. The van der Waals surface area contributed by atoms with E-state index in [4.69, 9.17) is 4.74 Å². The minimum Gasteiger partial charge on any atom is -0.487 e. The molecule has 0 bridgehead atoms. The van der Waals surface area contributed by atoms with Crippen LogP contribution in [-0.2, 0) is 19.5 Å². The number of ether oxygens (including phenoxy) is 1. The van der Waals surface area contributed by atoms with Crippen LogP contribution < -0.4 is 20.3 Å². The molecule has 0 fully saturated rings. The Labute approximate surface area is 184 Å². The van der Waals surface area contributed by atoms with Crippen molar-refractivity contribution in [3.63, 3.8) is 0 Å². The van der Waals surface area contributed by atoms with Crippen LogP contribution in [0.4, 0.5) is 22.0 Å². The van der Waals surface area contributed by atoms with Crippen molar-refractivity contribution in [2.45, 2.75) is 12.1 Å². The van der Waals surface area contributed by atoms with Gasteiger partial charge >= 0.3 is 12.1 Å². The predicted molar refractivity (Wildman–Crippen MR) is 103 cm³/mol. The van der Waals surface area contributed by atoms with Crippen molar-refractivity contribution < 1.29 is 51.0 Å². The fourth-order valence-corrected chi connectivity index (χ4v) is 6.13. The first kappa shape index (κ1) is 24.2. The van der Waals surface area contributed by atoms with Gasteiger partial charge in [-0.2, -0.15) is 22.0 Å². The molecule has 2 nitrogen and oxygen atoms in total. The molecule has 9 heteroatoms. The van der Waals surface area contributed by atoms with Gasteiger partial charge in [0.2, 0.25) is 0 Å². The first-order chi connectivity index (χ1) is 13.7. The van der Waals surface area contributed by atoms with Crippen molar-refractivity contribution in [3.05, 3.63) is 84.9 Å². The third kappa shape index (κ3) is 4.79. The number of hydrogen-bond donors (Lipinski definition) is 1. The molecular weight excluding hydrogens is 473 g/mol. The van der Waals surface area contributed by atoms with E-state index in [9.17, 15) is 26.7 Å². The van der Waals surface area contributed by atoms with Gasteiger partial charge in [0.1, 0.15) is 5.75 Å². The van der Waals surface area contributed by atoms with Gasteiger partial charge in [-0.15, -0.1) is 0 Å². The van der Waals surface area contributed by atoms with Gasteiger partial charge in [0.15, 0.2) is 6.61 Å². The van der Waals surface area contributed by atoms with Crippen molar-refractivity contribution in [2.24, 2.45) is 0 Å². The maximum absolute atomic E-state index is 13.4. The van der Waals surface area contributed by atoms with Crippen LogP contribution >= 0.6 is 0 Å².